The molecule has 1 aromatic rings. The molecule has 20 heavy (non-hydrogen) atoms. The summed E-state index contributed by atoms with van der Waals surface area (Å²) in [6.45, 7) is 0.247. The van der Waals surface area contributed by atoms with Gasteiger partial charge in [0.1, 0.15) is 6.04 Å². The highest BCUT2D eigenvalue weighted by molar-refractivity contribution is 6.21. The SMILES string of the molecule is COC(=O)C(N)CCCN1C(=O)c2ccccc2C1=O. The molecular formula is C14H16N2O4. The van der Waals surface area contributed by atoms with Crippen molar-refractivity contribution in [2.75, 3.05) is 13.7 Å². The Kier molecular flexibility index (Phi) is 4.14. The van der Waals surface area contributed by atoms with Crippen LogP contribution < -0.4 is 5.73 Å². The Balaban J connectivity index is 1.94. The Labute approximate surface area is 116 Å². The smallest absolute Gasteiger partial charge is 0.322 e. The van der Waals surface area contributed by atoms with Crippen molar-refractivity contribution >= 4 is 17.8 Å². The number of carbonyl (C=O) groups excluding carboxylic acids is 3. The van der Waals surface area contributed by atoms with Crippen molar-refractivity contribution in [1.29, 1.82) is 0 Å². The van der Waals surface area contributed by atoms with Gasteiger partial charge >= 0.3 is 5.97 Å². The van der Waals surface area contributed by atoms with Crippen LogP contribution in [0.25, 0.3) is 0 Å². The number of ether oxygens (including phenoxy) is 1. The zero-order valence-corrected chi connectivity index (χ0v) is 11.2. The fourth-order valence-electron chi connectivity index (χ4n) is 2.18. The number of hydrogen-bond acceptors (Lipinski definition) is 5. The molecule has 0 aromatic heterocycles. The maximum absolute atomic E-state index is 12.1. The summed E-state index contributed by atoms with van der Waals surface area (Å²) in [5.74, 6) is -1.08. The monoisotopic (exact) mass is 276 g/mol. The second-order valence-electron chi connectivity index (χ2n) is 4.58. The standard InChI is InChI=1S/C14H16N2O4/c1-20-14(19)11(15)7-4-8-16-12(17)9-5-2-3-6-10(9)13(16)18/h2-3,5-6,11H,4,7-8,15H2,1H3. The molecule has 0 bridgehead atoms. The minimum atomic E-state index is -0.727. The van der Waals surface area contributed by atoms with E-state index in [0.717, 1.165) is 0 Å². The predicted octanol–water partition coefficient (Wildman–Crippen LogP) is 0.563. The molecule has 1 atom stereocenters. The van der Waals surface area contributed by atoms with Gasteiger partial charge in [0.05, 0.1) is 18.2 Å². The van der Waals surface area contributed by atoms with Crippen molar-refractivity contribution in [3.63, 3.8) is 0 Å². The second-order valence-corrected chi connectivity index (χ2v) is 4.58. The summed E-state index contributed by atoms with van der Waals surface area (Å²) in [6.07, 6.45) is 0.821. The summed E-state index contributed by atoms with van der Waals surface area (Å²) in [5, 5.41) is 0. The van der Waals surface area contributed by atoms with Crippen LogP contribution in [-0.2, 0) is 9.53 Å². The molecule has 6 nitrogen and oxygen atoms in total. The van der Waals surface area contributed by atoms with E-state index in [1.807, 2.05) is 0 Å². The van der Waals surface area contributed by atoms with Crippen LogP contribution in [0.4, 0.5) is 0 Å². The van der Waals surface area contributed by atoms with E-state index in [0.29, 0.717) is 24.0 Å². The zero-order valence-electron chi connectivity index (χ0n) is 11.2. The van der Waals surface area contributed by atoms with Gasteiger partial charge in [-0.2, -0.15) is 0 Å². The van der Waals surface area contributed by atoms with E-state index in [4.69, 9.17) is 5.73 Å². The van der Waals surface area contributed by atoms with Crippen molar-refractivity contribution in [2.24, 2.45) is 5.73 Å². The number of nitrogens with zero attached hydrogens (tertiary/aromatic N) is 1. The maximum Gasteiger partial charge on any atom is 0.322 e. The number of imide groups is 1. The van der Waals surface area contributed by atoms with E-state index in [-0.39, 0.29) is 18.4 Å². The van der Waals surface area contributed by atoms with Gasteiger partial charge in [-0.05, 0) is 25.0 Å². The van der Waals surface area contributed by atoms with E-state index in [1.165, 1.54) is 12.0 Å². The van der Waals surface area contributed by atoms with Crippen LogP contribution >= 0.6 is 0 Å². The molecule has 2 amide bonds. The molecule has 2 N–H and O–H groups in total. The fraction of sp³-hybridized carbons (Fsp3) is 0.357. The molecule has 0 saturated carbocycles. The molecule has 0 radical (unpaired) electrons. The van der Waals surface area contributed by atoms with Gasteiger partial charge in [0, 0.05) is 6.54 Å². The molecule has 1 aliphatic rings. The number of fused-ring (bicyclic) bond motifs is 1. The Morgan fingerprint density at radius 3 is 2.30 bits per heavy atom. The van der Waals surface area contributed by atoms with Crippen LogP contribution in [0.15, 0.2) is 24.3 Å². The van der Waals surface area contributed by atoms with Gasteiger partial charge in [0.2, 0.25) is 0 Å². The lowest BCUT2D eigenvalue weighted by atomic mass is 10.1. The highest BCUT2D eigenvalue weighted by atomic mass is 16.5. The summed E-state index contributed by atoms with van der Waals surface area (Å²) >= 11 is 0. The van der Waals surface area contributed by atoms with Crippen molar-refractivity contribution < 1.29 is 19.1 Å². The molecule has 1 aromatic carbocycles. The van der Waals surface area contributed by atoms with Crippen LogP contribution in [0.3, 0.4) is 0 Å². The molecule has 1 heterocycles. The Hall–Kier alpha value is -2.21. The van der Waals surface area contributed by atoms with Crippen LogP contribution in [0.1, 0.15) is 33.6 Å². The Morgan fingerprint density at radius 2 is 1.80 bits per heavy atom. The first-order chi connectivity index (χ1) is 9.56. The normalized spacial score (nSPS) is 15.2. The molecule has 6 heteroatoms. The number of carbonyl (C=O) groups is 3. The van der Waals surface area contributed by atoms with Crippen LogP contribution in [0, 0.1) is 0 Å². The highest BCUT2D eigenvalue weighted by Gasteiger charge is 2.34. The molecule has 1 aliphatic heterocycles. The van der Waals surface area contributed by atoms with Gasteiger partial charge in [-0.1, -0.05) is 12.1 Å². The molecule has 1 unspecified atom stereocenters. The van der Waals surface area contributed by atoms with E-state index in [9.17, 15) is 14.4 Å². The minimum Gasteiger partial charge on any atom is -0.468 e. The third kappa shape index (κ3) is 2.55. The van der Waals surface area contributed by atoms with E-state index >= 15 is 0 Å². The van der Waals surface area contributed by atoms with Gasteiger partial charge in [-0.15, -0.1) is 0 Å². The third-order valence-corrected chi connectivity index (χ3v) is 3.28. The predicted molar refractivity (Wildman–Crippen MR) is 71.0 cm³/mol. The van der Waals surface area contributed by atoms with Gasteiger partial charge in [0.25, 0.3) is 11.8 Å². The van der Waals surface area contributed by atoms with Crippen molar-refractivity contribution in [1.82, 2.24) is 4.90 Å². The van der Waals surface area contributed by atoms with E-state index in [2.05, 4.69) is 4.74 Å². The van der Waals surface area contributed by atoms with E-state index in [1.54, 1.807) is 24.3 Å². The van der Waals surface area contributed by atoms with Gasteiger partial charge in [-0.3, -0.25) is 19.3 Å². The molecule has 0 fully saturated rings. The van der Waals surface area contributed by atoms with Gasteiger partial charge in [0.15, 0.2) is 0 Å². The number of benzene rings is 1. The van der Waals surface area contributed by atoms with Crippen LogP contribution in [0.5, 0.6) is 0 Å². The number of hydrogen-bond donors (Lipinski definition) is 1. The zero-order chi connectivity index (χ0) is 14.7. The molecule has 0 spiro atoms. The van der Waals surface area contributed by atoms with Gasteiger partial charge in [-0.25, -0.2) is 0 Å². The van der Waals surface area contributed by atoms with Crippen molar-refractivity contribution in [3.8, 4) is 0 Å². The lowest BCUT2D eigenvalue weighted by molar-refractivity contribution is -0.142. The van der Waals surface area contributed by atoms with Crippen molar-refractivity contribution in [2.45, 2.75) is 18.9 Å². The lowest BCUT2D eigenvalue weighted by Crippen LogP contribution is -2.35. The quantitative estimate of drug-likeness (QED) is 0.627. The van der Waals surface area contributed by atoms with Gasteiger partial charge < -0.3 is 10.5 Å². The molecular weight excluding hydrogens is 260 g/mol. The summed E-state index contributed by atoms with van der Waals surface area (Å²) in [6, 6.07) is 5.99. The summed E-state index contributed by atoms with van der Waals surface area (Å²) in [7, 11) is 1.27. The summed E-state index contributed by atoms with van der Waals surface area (Å²) < 4.78 is 4.52. The fourth-order valence-corrected chi connectivity index (χ4v) is 2.18. The number of rotatable bonds is 5. The first-order valence-electron chi connectivity index (χ1n) is 6.35. The summed E-state index contributed by atoms with van der Waals surface area (Å²) in [4.78, 5) is 36.5. The number of nitrogens with two attached hydrogens (primary N) is 1. The minimum absolute atomic E-state index is 0.247. The topological polar surface area (TPSA) is 89.7 Å². The third-order valence-electron chi connectivity index (χ3n) is 3.28. The summed E-state index contributed by atoms with van der Waals surface area (Å²) in [5.41, 5.74) is 6.45. The number of esters is 1. The van der Waals surface area contributed by atoms with Crippen LogP contribution in [0.2, 0.25) is 0 Å². The van der Waals surface area contributed by atoms with Crippen molar-refractivity contribution in [3.05, 3.63) is 35.4 Å². The first kappa shape index (κ1) is 14.2. The van der Waals surface area contributed by atoms with Crippen LogP contribution in [-0.4, -0.2) is 42.4 Å². The largest absolute Gasteiger partial charge is 0.468 e. The maximum atomic E-state index is 12.1. The highest BCUT2D eigenvalue weighted by Crippen LogP contribution is 2.22. The second kappa shape index (κ2) is 5.83. The number of methoxy groups -OCH3 is 1. The number of amides is 2. The molecule has 106 valence electrons. The first-order valence-corrected chi connectivity index (χ1v) is 6.35. The van der Waals surface area contributed by atoms with E-state index < -0.39 is 12.0 Å². The molecule has 0 saturated heterocycles. The molecule has 0 aliphatic carbocycles. The molecule has 2 rings (SSSR count). The Bertz CT molecular complexity index is 521. The lowest BCUT2D eigenvalue weighted by Gasteiger charge is -2.15. The average Bonchev–Trinajstić information content (AvgIpc) is 2.71. The average molecular weight is 276 g/mol. The Morgan fingerprint density at radius 1 is 1.25 bits per heavy atom.